The molecule has 2 unspecified atom stereocenters. The third-order valence-electron chi connectivity index (χ3n) is 3.18. The van der Waals surface area contributed by atoms with Gasteiger partial charge in [0, 0.05) is 12.6 Å². The highest BCUT2D eigenvalue weighted by Gasteiger charge is 2.14. The highest BCUT2D eigenvalue weighted by molar-refractivity contribution is 5.78. The lowest BCUT2D eigenvalue weighted by atomic mass is 10.0. The van der Waals surface area contributed by atoms with E-state index in [0.717, 1.165) is 18.6 Å². The van der Waals surface area contributed by atoms with E-state index in [0.29, 0.717) is 0 Å². The largest absolute Gasteiger partial charge is 0.391 e. The second-order valence-electron chi connectivity index (χ2n) is 4.67. The van der Waals surface area contributed by atoms with E-state index < -0.39 is 23.6 Å². The Morgan fingerprint density at radius 1 is 1.42 bits per heavy atom. The molecule has 0 heterocycles. The fourth-order valence-corrected chi connectivity index (χ4v) is 1.59. The standard InChI is InChI=1S/C14H19F2NO2/c1-3-9(2)13(18)8-17-14(19)6-10-4-5-11(15)7-12(10)16/h4-5,7,9,13,18H,3,6,8H2,1-2H3,(H,17,19). The SMILES string of the molecule is CCC(C)C(O)CNC(=O)Cc1ccc(F)cc1F. The molecule has 0 radical (unpaired) electrons. The molecular formula is C14H19F2NO2. The van der Waals surface area contributed by atoms with Gasteiger partial charge in [0.25, 0.3) is 0 Å². The summed E-state index contributed by atoms with van der Waals surface area (Å²) in [6, 6.07) is 3.10. The van der Waals surface area contributed by atoms with Crippen LogP contribution in [-0.4, -0.2) is 23.7 Å². The topological polar surface area (TPSA) is 49.3 Å². The maximum atomic E-state index is 13.3. The number of carbonyl (C=O) groups excluding carboxylic acids is 1. The second kappa shape index (κ2) is 7.19. The Balaban J connectivity index is 2.47. The van der Waals surface area contributed by atoms with Crippen LogP contribution in [0.3, 0.4) is 0 Å². The van der Waals surface area contributed by atoms with Gasteiger partial charge in [-0.3, -0.25) is 4.79 Å². The Morgan fingerprint density at radius 2 is 2.11 bits per heavy atom. The number of nitrogens with one attached hydrogen (secondary N) is 1. The van der Waals surface area contributed by atoms with Crippen molar-refractivity contribution in [3.05, 3.63) is 35.4 Å². The number of halogens is 2. The first kappa shape index (κ1) is 15.6. The summed E-state index contributed by atoms with van der Waals surface area (Å²) >= 11 is 0. The normalized spacial score (nSPS) is 13.9. The molecule has 2 atom stereocenters. The van der Waals surface area contributed by atoms with Crippen molar-refractivity contribution in [2.75, 3.05) is 6.54 Å². The summed E-state index contributed by atoms with van der Waals surface area (Å²) < 4.78 is 26.0. The van der Waals surface area contributed by atoms with Gasteiger partial charge in [-0.05, 0) is 17.5 Å². The molecule has 0 aliphatic carbocycles. The lowest BCUT2D eigenvalue weighted by Crippen LogP contribution is -2.36. The predicted molar refractivity (Wildman–Crippen MR) is 68.5 cm³/mol. The summed E-state index contributed by atoms with van der Waals surface area (Å²) in [5, 5.41) is 12.2. The second-order valence-corrected chi connectivity index (χ2v) is 4.67. The summed E-state index contributed by atoms with van der Waals surface area (Å²) in [4.78, 5) is 11.6. The zero-order valence-electron chi connectivity index (χ0n) is 11.1. The summed E-state index contributed by atoms with van der Waals surface area (Å²) in [5.41, 5.74) is 0.136. The third kappa shape index (κ3) is 4.95. The molecule has 0 aliphatic heterocycles. The number of benzene rings is 1. The van der Waals surface area contributed by atoms with E-state index in [1.54, 1.807) is 0 Å². The molecule has 0 saturated heterocycles. The minimum atomic E-state index is -0.738. The van der Waals surface area contributed by atoms with Crippen molar-refractivity contribution in [2.24, 2.45) is 5.92 Å². The fraction of sp³-hybridized carbons (Fsp3) is 0.500. The highest BCUT2D eigenvalue weighted by atomic mass is 19.1. The van der Waals surface area contributed by atoms with Gasteiger partial charge in [-0.1, -0.05) is 26.3 Å². The Kier molecular flexibility index (Phi) is 5.89. The van der Waals surface area contributed by atoms with E-state index in [1.807, 2.05) is 13.8 Å². The quantitative estimate of drug-likeness (QED) is 0.831. The number of hydrogen-bond acceptors (Lipinski definition) is 2. The van der Waals surface area contributed by atoms with Crippen LogP contribution in [0.15, 0.2) is 18.2 Å². The van der Waals surface area contributed by atoms with Crippen LogP contribution >= 0.6 is 0 Å². The number of aliphatic hydroxyl groups excluding tert-OH is 1. The molecule has 0 bridgehead atoms. The molecular weight excluding hydrogens is 252 g/mol. The van der Waals surface area contributed by atoms with Crippen molar-refractivity contribution in [2.45, 2.75) is 32.8 Å². The molecule has 0 fully saturated rings. The number of amides is 1. The van der Waals surface area contributed by atoms with Crippen LogP contribution in [-0.2, 0) is 11.2 Å². The van der Waals surface area contributed by atoms with Crippen LogP contribution in [0.4, 0.5) is 8.78 Å². The van der Waals surface area contributed by atoms with Crippen molar-refractivity contribution in [1.29, 1.82) is 0 Å². The molecule has 0 aliphatic rings. The van der Waals surface area contributed by atoms with Gasteiger partial charge in [0.15, 0.2) is 0 Å². The molecule has 19 heavy (non-hydrogen) atoms. The Bertz CT molecular complexity index is 437. The molecule has 1 aromatic rings. The van der Waals surface area contributed by atoms with Gasteiger partial charge >= 0.3 is 0 Å². The third-order valence-corrected chi connectivity index (χ3v) is 3.18. The Labute approximate surface area is 111 Å². The summed E-state index contributed by atoms with van der Waals surface area (Å²) in [7, 11) is 0. The van der Waals surface area contributed by atoms with Crippen LogP contribution < -0.4 is 5.32 Å². The predicted octanol–water partition coefficient (Wildman–Crippen LogP) is 2.03. The van der Waals surface area contributed by atoms with Crippen LogP contribution in [0.2, 0.25) is 0 Å². The van der Waals surface area contributed by atoms with E-state index in [2.05, 4.69) is 5.32 Å². The monoisotopic (exact) mass is 271 g/mol. The number of rotatable bonds is 6. The lowest BCUT2D eigenvalue weighted by Gasteiger charge is -2.17. The molecule has 0 saturated carbocycles. The molecule has 1 aromatic carbocycles. The van der Waals surface area contributed by atoms with Crippen LogP contribution in [0.5, 0.6) is 0 Å². The average molecular weight is 271 g/mol. The van der Waals surface area contributed by atoms with Crippen molar-refractivity contribution >= 4 is 5.91 Å². The molecule has 1 rings (SSSR count). The van der Waals surface area contributed by atoms with Crippen LogP contribution in [0, 0.1) is 17.6 Å². The van der Waals surface area contributed by atoms with Gasteiger partial charge in [-0.25, -0.2) is 8.78 Å². The molecule has 0 spiro atoms. The zero-order chi connectivity index (χ0) is 14.4. The smallest absolute Gasteiger partial charge is 0.224 e. The van der Waals surface area contributed by atoms with Gasteiger partial charge in [-0.15, -0.1) is 0 Å². The first-order chi connectivity index (χ1) is 8.93. The van der Waals surface area contributed by atoms with Gasteiger partial charge < -0.3 is 10.4 Å². The van der Waals surface area contributed by atoms with Gasteiger partial charge in [0.05, 0.1) is 12.5 Å². The number of carbonyl (C=O) groups is 1. The van der Waals surface area contributed by atoms with E-state index in [4.69, 9.17) is 0 Å². The van der Waals surface area contributed by atoms with Gasteiger partial charge in [0.1, 0.15) is 11.6 Å². The van der Waals surface area contributed by atoms with E-state index in [1.165, 1.54) is 6.07 Å². The molecule has 1 amide bonds. The number of hydrogen-bond donors (Lipinski definition) is 2. The molecule has 0 aromatic heterocycles. The van der Waals surface area contributed by atoms with Crippen LogP contribution in [0.1, 0.15) is 25.8 Å². The lowest BCUT2D eigenvalue weighted by molar-refractivity contribution is -0.121. The number of aliphatic hydroxyl groups is 1. The summed E-state index contributed by atoms with van der Waals surface area (Å²) in [6.45, 7) is 3.97. The molecule has 3 nitrogen and oxygen atoms in total. The van der Waals surface area contributed by atoms with E-state index in [-0.39, 0.29) is 24.4 Å². The van der Waals surface area contributed by atoms with Crippen molar-refractivity contribution in [3.63, 3.8) is 0 Å². The summed E-state index contributed by atoms with van der Waals surface area (Å²) in [6.07, 6.45) is 0.0233. The molecule has 106 valence electrons. The van der Waals surface area contributed by atoms with Crippen molar-refractivity contribution in [1.82, 2.24) is 5.32 Å². The maximum Gasteiger partial charge on any atom is 0.224 e. The van der Waals surface area contributed by atoms with Gasteiger partial charge in [-0.2, -0.15) is 0 Å². The van der Waals surface area contributed by atoms with Crippen molar-refractivity contribution in [3.8, 4) is 0 Å². The molecule has 2 N–H and O–H groups in total. The minimum Gasteiger partial charge on any atom is -0.391 e. The Morgan fingerprint density at radius 3 is 2.68 bits per heavy atom. The average Bonchev–Trinajstić information content (AvgIpc) is 2.38. The van der Waals surface area contributed by atoms with E-state index >= 15 is 0 Å². The van der Waals surface area contributed by atoms with E-state index in [9.17, 15) is 18.7 Å². The van der Waals surface area contributed by atoms with Crippen LogP contribution in [0.25, 0.3) is 0 Å². The fourth-order valence-electron chi connectivity index (χ4n) is 1.59. The van der Waals surface area contributed by atoms with Crippen molar-refractivity contribution < 1.29 is 18.7 Å². The highest BCUT2D eigenvalue weighted by Crippen LogP contribution is 2.10. The zero-order valence-corrected chi connectivity index (χ0v) is 11.1. The minimum absolute atomic E-state index is 0.0860. The van der Waals surface area contributed by atoms with Gasteiger partial charge in [0.2, 0.25) is 5.91 Å². The Hall–Kier alpha value is -1.49. The first-order valence-electron chi connectivity index (χ1n) is 6.32. The maximum absolute atomic E-state index is 13.3. The summed E-state index contributed by atoms with van der Waals surface area (Å²) in [5.74, 6) is -1.72. The molecule has 5 heteroatoms. The first-order valence-corrected chi connectivity index (χ1v) is 6.32.